The van der Waals surface area contributed by atoms with Crippen molar-refractivity contribution < 1.29 is 29.2 Å². The Bertz CT molecular complexity index is 1540. The predicted octanol–water partition coefficient (Wildman–Crippen LogP) is 6.95. The van der Waals surface area contributed by atoms with Crippen molar-refractivity contribution in [2.24, 2.45) is 9.98 Å². The molecule has 4 aromatic rings. The molecule has 0 bridgehead atoms. The monoisotopic (exact) mass is 602 g/mol. The fraction of sp³-hybridized carbons (Fsp3) is 0.312. The van der Waals surface area contributed by atoms with Gasteiger partial charge in [-0.3, -0.25) is 9.98 Å². The number of hydrogen-bond donors (Lipinski definition) is 2. The SMILES string of the molecule is Oc1ccc(-c2scc3c2OCCO3)cc1C=N[C@H]1CCCC[C@H]1N=Cc1cc(-c2scc3c2OCCO3)ccc1O. The summed E-state index contributed by atoms with van der Waals surface area (Å²) < 4.78 is 23.1. The normalized spacial score (nSPS) is 19.9. The van der Waals surface area contributed by atoms with Crippen LogP contribution in [0, 0.1) is 0 Å². The smallest absolute Gasteiger partial charge is 0.179 e. The molecule has 0 spiro atoms. The highest BCUT2D eigenvalue weighted by molar-refractivity contribution is 7.14. The van der Waals surface area contributed by atoms with Crippen LogP contribution in [0.15, 0.2) is 57.1 Å². The molecule has 1 saturated carbocycles. The van der Waals surface area contributed by atoms with Gasteiger partial charge in [-0.15, -0.1) is 22.7 Å². The first-order valence-electron chi connectivity index (χ1n) is 14.1. The van der Waals surface area contributed by atoms with Crippen LogP contribution in [-0.2, 0) is 0 Å². The van der Waals surface area contributed by atoms with E-state index in [0.717, 1.165) is 69.6 Å². The van der Waals surface area contributed by atoms with E-state index in [9.17, 15) is 10.2 Å². The molecule has 7 rings (SSSR count). The third kappa shape index (κ3) is 5.32. The van der Waals surface area contributed by atoms with E-state index in [4.69, 9.17) is 28.9 Å². The van der Waals surface area contributed by atoms with Gasteiger partial charge in [0, 0.05) is 34.3 Å². The lowest BCUT2D eigenvalue weighted by Crippen LogP contribution is -2.27. The molecule has 2 aromatic heterocycles. The Labute approximate surface area is 251 Å². The number of aromatic hydroxyl groups is 2. The van der Waals surface area contributed by atoms with E-state index in [0.29, 0.717) is 37.6 Å². The summed E-state index contributed by atoms with van der Waals surface area (Å²) in [4.78, 5) is 11.8. The zero-order valence-electron chi connectivity index (χ0n) is 22.8. The van der Waals surface area contributed by atoms with Gasteiger partial charge in [-0.05, 0) is 60.4 Å². The summed E-state index contributed by atoms with van der Waals surface area (Å²) in [6.07, 6.45) is 7.49. The molecule has 4 heterocycles. The van der Waals surface area contributed by atoms with Crippen molar-refractivity contribution in [2.45, 2.75) is 37.8 Å². The first-order chi connectivity index (χ1) is 20.6. The first-order valence-corrected chi connectivity index (χ1v) is 15.9. The van der Waals surface area contributed by atoms with Crippen molar-refractivity contribution in [1.82, 2.24) is 0 Å². The zero-order chi connectivity index (χ0) is 28.5. The summed E-state index contributed by atoms with van der Waals surface area (Å²) in [5.74, 6) is 3.39. The van der Waals surface area contributed by atoms with Gasteiger partial charge in [-0.1, -0.05) is 12.8 Å². The average Bonchev–Trinajstić information content (AvgIpc) is 3.66. The second-order valence-corrected chi connectivity index (χ2v) is 12.2. The first kappa shape index (κ1) is 26.9. The van der Waals surface area contributed by atoms with Crippen LogP contribution in [0.5, 0.6) is 34.5 Å². The molecule has 2 atom stereocenters. The maximum absolute atomic E-state index is 10.6. The van der Waals surface area contributed by atoms with Crippen LogP contribution in [0.1, 0.15) is 36.8 Å². The Hall–Kier alpha value is -4.02. The molecular formula is C32H30N2O6S2. The molecular weight excluding hydrogens is 572 g/mol. The number of thiophene rings is 2. The number of rotatable bonds is 6. The molecule has 1 aliphatic carbocycles. The molecule has 2 N–H and O–H groups in total. The van der Waals surface area contributed by atoms with Crippen molar-refractivity contribution in [3.05, 3.63) is 58.3 Å². The zero-order valence-corrected chi connectivity index (χ0v) is 24.5. The number of phenolic OH excluding ortho intramolecular Hbond substituents is 2. The topological polar surface area (TPSA) is 102 Å². The van der Waals surface area contributed by atoms with Crippen LogP contribution in [0.2, 0.25) is 0 Å². The van der Waals surface area contributed by atoms with Crippen LogP contribution in [0.3, 0.4) is 0 Å². The van der Waals surface area contributed by atoms with Gasteiger partial charge in [-0.25, -0.2) is 0 Å². The van der Waals surface area contributed by atoms with Gasteiger partial charge in [0.1, 0.15) is 37.9 Å². The Morgan fingerprint density at radius 3 is 1.57 bits per heavy atom. The maximum atomic E-state index is 10.6. The number of hydrogen-bond acceptors (Lipinski definition) is 10. The molecule has 1 fully saturated rings. The minimum absolute atomic E-state index is 0.0236. The number of benzene rings is 2. The Morgan fingerprint density at radius 2 is 1.10 bits per heavy atom. The lowest BCUT2D eigenvalue weighted by atomic mass is 9.91. The largest absolute Gasteiger partial charge is 0.507 e. The Balaban J connectivity index is 1.11. The summed E-state index contributed by atoms with van der Waals surface area (Å²) in [5, 5.41) is 25.1. The molecule has 42 heavy (non-hydrogen) atoms. The van der Waals surface area contributed by atoms with E-state index < -0.39 is 0 Å². The molecule has 2 aliphatic heterocycles. The van der Waals surface area contributed by atoms with Crippen LogP contribution in [0.4, 0.5) is 0 Å². The summed E-state index contributed by atoms with van der Waals surface area (Å²) in [5.41, 5.74) is 3.19. The van der Waals surface area contributed by atoms with Crippen molar-refractivity contribution in [1.29, 1.82) is 0 Å². The van der Waals surface area contributed by atoms with E-state index in [-0.39, 0.29) is 23.6 Å². The van der Waals surface area contributed by atoms with E-state index in [1.807, 2.05) is 35.0 Å². The molecule has 10 heteroatoms. The Morgan fingerprint density at radius 1 is 0.643 bits per heavy atom. The van der Waals surface area contributed by atoms with Gasteiger partial charge < -0.3 is 29.2 Å². The summed E-state index contributed by atoms with van der Waals surface area (Å²) in [6, 6.07) is 11.0. The third-order valence-corrected chi connectivity index (χ3v) is 9.66. The van der Waals surface area contributed by atoms with Crippen molar-refractivity contribution in [2.75, 3.05) is 26.4 Å². The van der Waals surface area contributed by atoms with Crippen molar-refractivity contribution in [3.63, 3.8) is 0 Å². The predicted molar refractivity (Wildman–Crippen MR) is 166 cm³/mol. The number of fused-ring (bicyclic) bond motifs is 2. The molecule has 3 aliphatic rings. The van der Waals surface area contributed by atoms with Crippen LogP contribution >= 0.6 is 22.7 Å². The van der Waals surface area contributed by atoms with Gasteiger partial charge in [0.2, 0.25) is 0 Å². The molecule has 0 saturated heterocycles. The van der Waals surface area contributed by atoms with E-state index in [1.165, 1.54) is 0 Å². The van der Waals surface area contributed by atoms with Gasteiger partial charge in [0.15, 0.2) is 23.0 Å². The van der Waals surface area contributed by atoms with Crippen LogP contribution in [0.25, 0.3) is 20.9 Å². The quantitative estimate of drug-likeness (QED) is 0.232. The lowest BCUT2D eigenvalue weighted by Gasteiger charge is -2.25. The van der Waals surface area contributed by atoms with Crippen LogP contribution < -0.4 is 18.9 Å². The number of nitrogens with zero attached hydrogens (tertiary/aromatic N) is 2. The second-order valence-electron chi connectivity index (χ2n) is 10.4. The average molecular weight is 603 g/mol. The highest BCUT2D eigenvalue weighted by Crippen LogP contribution is 2.47. The highest BCUT2D eigenvalue weighted by Gasteiger charge is 2.25. The molecule has 0 amide bonds. The number of phenols is 2. The Kier molecular flexibility index (Phi) is 7.48. The van der Waals surface area contributed by atoms with Crippen LogP contribution in [-0.4, -0.2) is 61.2 Å². The van der Waals surface area contributed by atoms with Gasteiger partial charge >= 0.3 is 0 Å². The van der Waals surface area contributed by atoms with E-state index in [2.05, 4.69) is 0 Å². The summed E-state index contributed by atoms with van der Waals surface area (Å²) in [7, 11) is 0. The summed E-state index contributed by atoms with van der Waals surface area (Å²) in [6.45, 7) is 2.14. The number of aliphatic imine (C=N–C) groups is 2. The molecule has 2 aromatic carbocycles. The minimum Gasteiger partial charge on any atom is -0.507 e. The van der Waals surface area contributed by atoms with Crippen molar-refractivity contribution in [3.8, 4) is 55.4 Å². The molecule has 0 radical (unpaired) electrons. The molecule has 0 unspecified atom stereocenters. The van der Waals surface area contributed by atoms with Crippen molar-refractivity contribution >= 4 is 35.1 Å². The third-order valence-electron chi connectivity index (χ3n) is 7.69. The highest BCUT2D eigenvalue weighted by atomic mass is 32.1. The van der Waals surface area contributed by atoms with E-state index >= 15 is 0 Å². The molecule has 8 nitrogen and oxygen atoms in total. The second kappa shape index (κ2) is 11.7. The molecule has 216 valence electrons. The summed E-state index contributed by atoms with van der Waals surface area (Å²) >= 11 is 3.13. The fourth-order valence-electron chi connectivity index (χ4n) is 5.51. The lowest BCUT2D eigenvalue weighted by molar-refractivity contribution is 0.174. The fourth-order valence-corrected chi connectivity index (χ4v) is 7.37. The minimum atomic E-state index is -0.0236. The van der Waals surface area contributed by atoms with Gasteiger partial charge in [0.25, 0.3) is 0 Å². The maximum Gasteiger partial charge on any atom is 0.179 e. The van der Waals surface area contributed by atoms with Gasteiger partial charge in [0.05, 0.1) is 21.8 Å². The standard InChI is InChI=1S/C32H30N2O6S2/c35-25-7-5-19(31-29-27(17-41-31)37-9-11-39-29)13-21(25)15-33-23-3-1-2-4-24(23)34-16-22-14-20(6-8-26(22)36)32-30-28(18-42-32)38-10-12-40-30/h5-8,13-18,23-24,35-36H,1-4,9-12H2/t23-,24+. The van der Waals surface area contributed by atoms with E-state index in [1.54, 1.807) is 47.2 Å². The van der Waals surface area contributed by atoms with Gasteiger partial charge in [-0.2, -0.15) is 0 Å². The number of ether oxygens (including phenoxy) is 4.